The Morgan fingerprint density at radius 2 is 2.06 bits per heavy atom. The molecule has 8 nitrogen and oxygen atoms in total. The average Bonchev–Trinajstić information content (AvgIpc) is 3.42. The molecule has 0 spiro atoms. The number of rotatable bonds is 6. The van der Waals surface area contributed by atoms with Crippen molar-refractivity contribution in [3.8, 4) is 17.3 Å². The summed E-state index contributed by atoms with van der Waals surface area (Å²) < 4.78 is 11.5. The molecule has 5 rings (SSSR count). The van der Waals surface area contributed by atoms with Crippen molar-refractivity contribution >= 4 is 27.6 Å². The van der Waals surface area contributed by atoms with Crippen molar-refractivity contribution in [1.29, 1.82) is 0 Å². The fourth-order valence-electron chi connectivity index (χ4n) is 4.41. The van der Waals surface area contributed by atoms with Crippen molar-refractivity contribution < 1.29 is 9.47 Å². The predicted molar refractivity (Wildman–Crippen MR) is 132 cm³/mol. The van der Waals surface area contributed by atoms with Gasteiger partial charge in [-0.25, -0.2) is 4.98 Å². The highest BCUT2D eigenvalue weighted by Crippen LogP contribution is 2.31. The first-order valence-electron chi connectivity index (χ1n) is 11.5. The van der Waals surface area contributed by atoms with Crippen LogP contribution in [-0.2, 0) is 4.74 Å². The van der Waals surface area contributed by atoms with Crippen LogP contribution in [0.1, 0.15) is 20.8 Å². The molecule has 4 aromatic rings. The molecule has 2 atom stereocenters. The summed E-state index contributed by atoms with van der Waals surface area (Å²) in [6.45, 7) is 9.16. The minimum atomic E-state index is 0.187. The number of nitrogens with one attached hydrogen (secondary N) is 2. The maximum atomic E-state index is 6.14. The van der Waals surface area contributed by atoms with Crippen LogP contribution < -0.4 is 9.64 Å². The van der Waals surface area contributed by atoms with Crippen molar-refractivity contribution in [3.05, 3.63) is 36.4 Å². The standard InChI is InChI=1S/C25H32N6O2/c1-15(2)30(4)12-19-13-31(16(3)14-33-19)17-6-8-22-23(10-17)27-25(26-22)24-20-11-18(32-5)7-9-21(20)28-29-24/h6-11,15-16,19H,12-14H2,1-5H3,(H,26,27)(H,28,29)/t16-,19+/m1/s1. The Bertz CT molecular complexity index is 1260. The molecule has 1 aliphatic rings. The van der Waals surface area contributed by atoms with Gasteiger partial charge in [0.1, 0.15) is 11.4 Å². The van der Waals surface area contributed by atoms with Crippen molar-refractivity contribution in [2.75, 3.05) is 38.8 Å². The van der Waals surface area contributed by atoms with E-state index in [0.29, 0.717) is 12.1 Å². The Morgan fingerprint density at radius 3 is 2.85 bits per heavy atom. The summed E-state index contributed by atoms with van der Waals surface area (Å²) in [5.74, 6) is 1.54. The van der Waals surface area contributed by atoms with E-state index in [-0.39, 0.29) is 6.10 Å². The van der Waals surface area contributed by atoms with Crippen LogP contribution in [0.5, 0.6) is 5.75 Å². The molecule has 2 aromatic heterocycles. The zero-order valence-corrected chi connectivity index (χ0v) is 19.9. The van der Waals surface area contributed by atoms with Gasteiger partial charge in [0.15, 0.2) is 5.82 Å². The van der Waals surface area contributed by atoms with Crippen molar-refractivity contribution in [3.63, 3.8) is 0 Å². The minimum Gasteiger partial charge on any atom is -0.497 e. The molecule has 174 valence electrons. The summed E-state index contributed by atoms with van der Waals surface area (Å²) in [5, 5.41) is 8.57. The van der Waals surface area contributed by atoms with Gasteiger partial charge in [-0.2, -0.15) is 5.10 Å². The van der Waals surface area contributed by atoms with E-state index in [2.05, 4.69) is 71.0 Å². The number of ether oxygens (including phenoxy) is 2. The van der Waals surface area contributed by atoms with E-state index in [1.807, 2.05) is 18.2 Å². The molecule has 3 heterocycles. The monoisotopic (exact) mass is 448 g/mol. The van der Waals surface area contributed by atoms with Gasteiger partial charge in [-0.05, 0) is 64.2 Å². The molecule has 0 amide bonds. The van der Waals surface area contributed by atoms with Crippen LogP contribution >= 0.6 is 0 Å². The fraction of sp³-hybridized carbons (Fsp3) is 0.440. The molecule has 1 aliphatic heterocycles. The van der Waals surface area contributed by atoms with Gasteiger partial charge < -0.3 is 24.3 Å². The molecular weight excluding hydrogens is 416 g/mol. The zero-order valence-electron chi connectivity index (χ0n) is 19.9. The molecule has 1 fully saturated rings. The van der Waals surface area contributed by atoms with Gasteiger partial charge in [-0.3, -0.25) is 5.10 Å². The van der Waals surface area contributed by atoms with E-state index in [1.54, 1.807) is 7.11 Å². The van der Waals surface area contributed by atoms with Crippen LogP contribution in [0.4, 0.5) is 5.69 Å². The molecule has 8 heteroatoms. The number of anilines is 1. The number of fused-ring (bicyclic) bond motifs is 2. The first-order valence-corrected chi connectivity index (χ1v) is 11.5. The second-order valence-electron chi connectivity index (χ2n) is 9.26. The van der Waals surface area contributed by atoms with Gasteiger partial charge in [-0.1, -0.05) is 0 Å². The summed E-state index contributed by atoms with van der Waals surface area (Å²) in [6, 6.07) is 13.1. The van der Waals surface area contributed by atoms with Gasteiger partial charge in [0.25, 0.3) is 0 Å². The van der Waals surface area contributed by atoms with Gasteiger partial charge in [0.2, 0.25) is 0 Å². The summed E-state index contributed by atoms with van der Waals surface area (Å²) in [6.07, 6.45) is 0.187. The smallest absolute Gasteiger partial charge is 0.159 e. The van der Waals surface area contributed by atoms with E-state index in [4.69, 9.17) is 14.5 Å². The molecule has 0 bridgehead atoms. The van der Waals surface area contributed by atoms with Gasteiger partial charge in [-0.15, -0.1) is 0 Å². The van der Waals surface area contributed by atoms with Crippen LogP contribution in [0.3, 0.4) is 0 Å². The van der Waals surface area contributed by atoms with Crippen molar-refractivity contribution in [1.82, 2.24) is 25.1 Å². The Hall–Kier alpha value is -3.10. The van der Waals surface area contributed by atoms with Crippen molar-refractivity contribution in [2.45, 2.75) is 39.0 Å². The SMILES string of the molecule is COc1ccc2[nH]nc(-c3nc4ccc(N5C[C@H](CN(C)C(C)C)OC[C@H]5C)cc4[nH]3)c2c1. The number of hydrogen-bond donors (Lipinski definition) is 2. The molecule has 2 aromatic carbocycles. The first-order chi connectivity index (χ1) is 15.9. The first kappa shape index (κ1) is 21.7. The fourth-order valence-corrected chi connectivity index (χ4v) is 4.41. The Labute approximate surface area is 193 Å². The number of H-pyrrole nitrogens is 2. The zero-order chi connectivity index (χ0) is 23.1. The van der Waals surface area contributed by atoms with Gasteiger partial charge >= 0.3 is 0 Å². The van der Waals surface area contributed by atoms with Crippen molar-refractivity contribution in [2.24, 2.45) is 0 Å². The highest BCUT2D eigenvalue weighted by molar-refractivity contribution is 5.94. The number of aromatic nitrogens is 4. The Balaban J connectivity index is 1.44. The number of benzene rings is 2. The quantitative estimate of drug-likeness (QED) is 0.463. The molecule has 2 N–H and O–H groups in total. The molecule has 0 aliphatic carbocycles. The highest BCUT2D eigenvalue weighted by atomic mass is 16.5. The summed E-state index contributed by atoms with van der Waals surface area (Å²) in [7, 11) is 3.82. The second kappa shape index (κ2) is 8.68. The maximum absolute atomic E-state index is 6.14. The number of nitrogens with zero attached hydrogens (tertiary/aromatic N) is 4. The number of methoxy groups -OCH3 is 1. The van der Waals surface area contributed by atoms with E-state index in [0.717, 1.165) is 58.9 Å². The lowest BCUT2D eigenvalue weighted by atomic mass is 10.1. The molecule has 1 saturated heterocycles. The largest absolute Gasteiger partial charge is 0.497 e. The highest BCUT2D eigenvalue weighted by Gasteiger charge is 2.28. The Kier molecular flexibility index (Phi) is 5.72. The van der Waals surface area contributed by atoms with E-state index < -0.39 is 0 Å². The summed E-state index contributed by atoms with van der Waals surface area (Å²) >= 11 is 0. The number of imidazole rings is 1. The number of hydrogen-bond acceptors (Lipinski definition) is 6. The summed E-state index contributed by atoms with van der Waals surface area (Å²) in [5.41, 5.74) is 4.84. The van der Waals surface area contributed by atoms with Crippen LogP contribution in [0, 0.1) is 0 Å². The molecule has 0 saturated carbocycles. The van der Waals surface area contributed by atoms with E-state index in [1.165, 1.54) is 5.69 Å². The lowest BCUT2D eigenvalue weighted by Gasteiger charge is -2.41. The van der Waals surface area contributed by atoms with E-state index >= 15 is 0 Å². The van der Waals surface area contributed by atoms with Crippen LogP contribution in [0.2, 0.25) is 0 Å². The number of likely N-dealkylation sites (N-methyl/N-ethyl adjacent to an activating group) is 1. The van der Waals surface area contributed by atoms with Crippen LogP contribution in [-0.4, -0.2) is 77.1 Å². The third kappa shape index (κ3) is 4.16. The van der Waals surface area contributed by atoms with E-state index in [9.17, 15) is 0 Å². The van der Waals surface area contributed by atoms with Gasteiger partial charge in [0.05, 0.1) is 36.4 Å². The average molecular weight is 449 g/mol. The maximum Gasteiger partial charge on any atom is 0.159 e. The molecule has 0 radical (unpaired) electrons. The molecule has 0 unspecified atom stereocenters. The van der Waals surface area contributed by atoms with Crippen LogP contribution in [0.25, 0.3) is 33.5 Å². The number of morpholine rings is 1. The molecular formula is C25H32N6O2. The topological polar surface area (TPSA) is 82.3 Å². The predicted octanol–water partition coefficient (Wildman–Crippen LogP) is 4.05. The third-order valence-electron chi connectivity index (χ3n) is 6.67. The molecule has 33 heavy (non-hydrogen) atoms. The van der Waals surface area contributed by atoms with Gasteiger partial charge in [0, 0.05) is 36.2 Å². The normalized spacial score (nSPS) is 19.3. The second-order valence-corrected chi connectivity index (χ2v) is 9.26. The lowest BCUT2D eigenvalue weighted by molar-refractivity contribution is 0.000769. The minimum absolute atomic E-state index is 0.187. The Morgan fingerprint density at radius 1 is 1.21 bits per heavy atom. The number of aromatic amines is 2. The lowest BCUT2D eigenvalue weighted by Crippen LogP contribution is -2.52. The third-order valence-corrected chi connectivity index (χ3v) is 6.67. The summed E-state index contributed by atoms with van der Waals surface area (Å²) in [4.78, 5) is 13.1. The van der Waals surface area contributed by atoms with Crippen LogP contribution in [0.15, 0.2) is 36.4 Å².